The van der Waals surface area contributed by atoms with Crippen molar-refractivity contribution in [3.05, 3.63) is 217 Å². The summed E-state index contributed by atoms with van der Waals surface area (Å²) < 4.78 is 0. The van der Waals surface area contributed by atoms with Crippen LogP contribution in [0, 0.1) is 22.7 Å². The zero-order chi connectivity index (χ0) is 40.9. The van der Waals surface area contributed by atoms with E-state index in [1.165, 1.54) is 0 Å². The lowest BCUT2D eigenvalue weighted by Crippen LogP contribution is -2.60. The minimum absolute atomic E-state index is 0.260. The second kappa shape index (κ2) is 15.1. The highest BCUT2D eigenvalue weighted by molar-refractivity contribution is 8.00. The maximum Gasteiger partial charge on any atom is 0.249 e. The van der Waals surface area contributed by atoms with E-state index < -0.39 is 0 Å². The molecule has 0 saturated carbocycles. The molecule has 9 aromatic rings. The molecule has 61 heavy (non-hydrogen) atoms. The molecule has 0 fully saturated rings. The topological polar surface area (TPSA) is 50.8 Å². The summed E-state index contributed by atoms with van der Waals surface area (Å²) >= 11 is 1.67. The summed E-state index contributed by atoms with van der Waals surface area (Å²) in [6.45, 7) is -0.260. The Hall–Kier alpha value is -7.83. The van der Waals surface area contributed by atoms with E-state index in [0.29, 0.717) is 11.1 Å². The molecule has 2 aliphatic heterocycles. The minimum Gasteiger partial charge on any atom is -0.309 e. The quantitative estimate of drug-likeness (QED) is 0.157. The van der Waals surface area contributed by atoms with Crippen LogP contribution in [0.5, 0.6) is 0 Å². The average molecular weight is 792 g/mol. The molecule has 0 bridgehead atoms. The van der Waals surface area contributed by atoms with Crippen molar-refractivity contribution in [1.29, 1.82) is 10.5 Å². The van der Waals surface area contributed by atoms with E-state index >= 15 is 0 Å². The molecular formula is C56H34BN3S. The van der Waals surface area contributed by atoms with Crippen molar-refractivity contribution in [1.82, 2.24) is 0 Å². The Bertz CT molecular complexity index is 3170. The smallest absolute Gasteiger partial charge is 0.249 e. The van der Waals surface area contributed by atoms with Gasteiger partial charge in [-0.1, -0.05) is 187 Å². The number of hydrogen-bond acceptors (Lipinski definition) is 4. The Kier molecular flexibility index (Phi) is 8.97. The molecule has 2 heterocycles. The number of fused-ring (bicyclic) bond motifs is 4. The highest BCUT2D eigenvalue weighted by atomic mass is 32.2. The Morgan fingerprint density at radius 1 is 0.393 bits per heavy atom. The molecule has 0 aliphatic carbocycles. The Labute approximate surface area is 360 Å². The fourth-order valence-corrected chi connectivity index (χ4v) is 10.4. The van der Waals surface area contributed by atoms with E-state index in [2.05, 4.69) is 193 Å². The van der Waals surface area contributed by atoms with Crippen LogP contribution in [-0.2, 0) is 0 Å². The van der Waals surface area contributed by atoms with E-state index in [4.69, 9.17) is 0 Å². The first kappa shape index (κ1) is 36.3. The van der Waals surface area contributed by atoms with Crippen LogP contribution < -0.4 is 21.3 Å². The number of anilines is 3. The van der Waals surface area contributed by atoms with Crippen molar-refractivity contribution < 1.29 is 0 Å². The van der Waals surface area contributed by atoms with Crippen LogP contribution in [0.15, 0.2) is 216 Å². The molecule has 0 amide bonds. The van der Waals surface area contributed by atoms with Gasteiger partial charge in [0.15, 0.2) is 0 Å². The van der Waals surface area contributed by atoms with Crippen LogP contribution in [0.3, 0.4) is 0 Å². The molecule has 3 nitrogen and oxygen atoms in total. The van der Waals surface area contributed by atoms with Gasteiger partial charge in [0, 0.05) is 26.6 Å². The van der Waals surface area contributed by atoms with Crippen LogP contribution in [-0.4, -0.2) is 6.71 Å². The molecule has 11 rings (SSSR count). The van der Waals surface area contributed by atoms with Gasteiger partial charge < -0.3 is 4.90 Å². The monoisotopic (exact) mass is 791 g/mol. The van der Waals surface area contributed by atoms with Gasteiger partial charge in [-0.05, 0) is 91.8 Å². The van der Waals surface area contributed by atoms with Crippen LogP contribution in [0.2, 0.25) is 0 Å². The van der Waals surface area contributed by atoms with E-state index in [1.54, 1.807) is 11.8 Å². The Balaban J connectivity index is 1.29. The number of nitrogens with zero attached hydrogens (tertiary/aromatic N) is 3. The van der Waals surface area contributed by atoms with Crippen LogP contribution in [0.25, 0.3) is 55.6 Å². The largest absolute Gasteiger partial charge is 0.309 e. The third-order valence-corrected chi connectivity index (χ3v) is 13.2. The molecule has 2 aliphatic rings. The fourth-order valence-electron chi connectivity index (χ4n) is 9.24. The van der Waals surface area contributed by atoms with E-state index in [1.807, 2.05) is 30.3 Å². The maximum absolute atomic E-state index is 11.4. The molecule has 0 N–H and O–H groups in total. The van der Waals surface area contributed by atoms with Gasteiger partial charge >= 0.3 is 0 Å². The number of hydrogen-bond donors (Lipinski definition) is 0. The molecule has 0 aromatic heterocycles. The van der Waals surface area contributed by atoms with Crippen LogP contribution in [0.1, 0.15) is 11.1 Å². The average Bonchev–Trinajstić information content (AvgIpc) is 3.34. The molecule has 5 heteroatoms. The van der Waals surface area contributed by atoms with E-state index in [9.17, 15) is 10.5 Å². The van der Waals surface area contributed by atoms with Crippen LogP contribution >= 0.6 is 11.8 Å². The highest BCUT2D eigenvalue weighted by Crippen LogP contribution is 2.52. The summed E-state index contributed by atoms with van der Waals surface area (Å²) in [7, 11) is 0. The predicted octanol–water partition coefficient (Wildman–Crippen LogP) is 12.5. The number of rotatable bonds is 6. The van der Waals surface area contributed by atoms with Gasteiger partial charge in [0.25, 0.3) is 0 Å². The summed E-state index contributed by atoms with van der Waals surface area (Å²) in [5.74, 6) is 0. The summed E-state index contributed by atoms with van der Waals surface area (Å²) in [6, 6.07) is 77.6. The zero-order valence-corrected chi connectivity index (χ0v) is 33.8. The Morgan fingerprint density at radius 2 is 0.869 bits per heavy atom. The van der Waals surface area contributed by atoms with Crippen molar-refractivity contribution in [3.8, 4) is 67.8 Å². The van der Waals surface area contributed by atoms with E-state index in [-0.39, 0.29) is 6.71 Å². The molecule has 0 radical (unpaired) electrons. The first-order valence-corrected chi connectivity index (χ1v) is 21.2. The first-order chi connectivity index (χ1) is 30.2. The standard InChI is InChI=1S/C56H34BN3S/c58-35-43-26-28-51-53-56(43)61-52-29-27-42(37-16-6-1-7-17-37)33-49(52)57(53)50-34-44(38-18-8-2-9-19-38)30-46(36-59)54(50)60(51)55-47(40-22-12-4-13-23-40)31-45(39-20-10-3-11-21-39)32-48(55)41-24-14-5-15-25-41/h1-34H. The third kappa shape index (κ3) is 6.15. The third-order valence-electron chi connectivity index (χ3n) is 12.0. The minimum atomic E-state index is -0.260. The lowest BCUT2D eigenvalue weighted by Gasteiger charge is -2.42. The summed E-state index contributed by atoms with van der Waals surface area (Å²) in [4.78, 5) is 4.41. The van der Waals surface area contributed by atoms with Gasteiger partial charge in [-0.25, -0.2) is 0 Å². The van der Waals surface area contributed by atoms with Gasteiger partial charge in [0.2, 0.25) is 6.71 Å². The zero-order valence-electron chi connectivity index (χ0n) is 33.0. The van der Waals surface area contributed by atoms with Gasteiger partial charge in [-0.2, -0.15) is 10.5 Å². The number of nitriles is 2. The van der Waals surface area contributed by atoms with Gasteiger partial charge in [-0.3, -0.25) is 0 Å². The van der Waals surface area contributed by atoms with Crippen LogP contribution in [0.4, 0.5) is 17.1 Å². The summed E-state index contributed by atoms with van der Waals surface area (Å²) in [5, 5.41) is 22.2. The maximum atomic E-state index is 11.4. The van der Waals surface area contributed by atoms with Gasteiger partial charge in [0.05, 0.1) is 22.5 Å². The van der Waals surface area contributed by atoms with Crippen molar-refractivity contribution in [2.75, 3.05) is 4.90 Å². The van der Waals surface area contributed by atoms with Crippen molar-refractivity contribution in [2.24, 2.45) is 0 Å². The van der Waals surface area contributed by atoms with E-state index in [0.717, 1.165) is 98.9 Å². The lowest BCUT2D eigenvalue weighted by atomic mass is 9.34. The van der Waals surface area contributed by atoms with Gasteiger partial charge in [0.1, 0.15) is 12.1 Å². The molecule has 0 unspecified atom stereocenters. The molecule has 282 valence electrons. The molecule has 9 aromatic carbocycles. The predicted molar refractivity (Wildman–Crippen MR) is 253 cm³/mol. The second-order valence-corrected chi connectivity index (χ2v) is 16.5. The normalized spacial score (nSPS) is 12.1. The second-order valence-electron chi connectivity index (χ2n) is 15.4. The fraction of sp³-hybridized carbons (Fsp3) is 0. The molecule has 0 spiro atoms. The van der Waals surface area contributed by atoms with Crippen molar-refractivity contribution in [3.63, 3.8) is 0 Å². The van der Waals surface area contributed by atoms with Crippen molar-refractivity contribution in [2.45, 2.75) is 9.79 Å². The Morgan fingerprint density at radius 3 is 1.39 bits per heavy atom. The first-order valence-electron chi connectivity index (χ1n) is 20.4. The summed E-state index contributed by atoms with van der Waals surface area (Å²) in [6.07, 6.45) is 0. The SMILES string of the molecule is N#Cc1ccc2c3c1Sc1ccc(-c4ccccc4)cc1B3c1cc(-c3ccccc3)cc(C#N)c1N2c1c(-c2ccccc2)cc(-c2ccccc2)cc1-c1ccccc1. The van der Waals surface area contributed by atoms with Gasteiger partial charge in [-0.15, -0.1) is 0 Å². The number of benzene rings is 9. The van der Waals surface area contributed by atoms with Crippen molar-refractivity contribution >= 4 is 51.9 Å². The summed E-state index contributed by atoms with van der Waals surface area (Å²) in [5.41, 5.74) is 17.9. The molecular weight excluding hydrogens is 758 g/mol. The molecule has 0 atom stereocenters. The molecule has 0 saturated heterocycles. The highest BCUT2D eigenvalue weighted by Gasteiger charge is 2.44. The lowest BCUT2D eigenvalue weighted by molar-refractivity contribution is 1.25.